The lowest BCUT2D eigenvalue weighted by molar-refractivity contribution is -0.146. The molecule has 0 bridgehead atoms. The van der Waals surface area contributed by atoms with Gasteiger partial charge < -0.3 is 19.5 Å². The number of methoxy groups -OCH3 is 2. The molecule has 0 saturated carbocycles. The molecule has 1 saturated heterocycles. The highest BCUT2D eigenvalue weighted by atomic mass is 19.1. The molecule has 2 rings (SSSR count). The van der Waals surface area contributed by atoms with Gasteiger partial charge >= 0.3 is 12.1 Å². The summed E-state index contributed by atoms with van der Waals surface area (Å²) in [5.74, 6) is -1.81. The zero-order valence-corrected chi connectivity index (χ0v) is 20.2. The van der Waals surface area contributed by atoms with Crippen molar-refractivity contribution in [2.24, 2.45) is 5.92 Å². The van der Waals surface area contributed by atoms with E-state index in [0.29, 0.717) is 0 Å². The predicted molar refractivity (Wildman–Crippen MR) is 120 cm³/mol. The van der Waals surface area contributed by atoms with Crippen molar-refractivity contribution in [1.82, 2.24) is 10.2 Å². The molecule has 184 valence electrons. The van der Waals surface area contributed by atoms with E-state index in [1.54, 1.807) is 27.7 Å². The van der Waals surface area contributed by atoms with Gasteiger partial charge in [-0.2, -0.15) is 0 Å². The number of nitrogens with zero attached hydrogens (tertiary/aromatic N) is 1. The summed E-state index contributed by atoms with van der Waals surface area (Å²) in [4.78, 5) is 39.3. The van der Waals surface area contributed by atoms with Crippen LogP contribution in [0.15, 0.2) is 30.3 Å². The first kappa shape index (κ1) is 26.6. The summed E-state index contributed by atoms with van der Waals surface area (Å²) < 4.78 is 30.2. The van der Waals surface area contributed by atoms with Gasteiger partial charge in [-0.25, -0.2) is 14.0 Å². The molecule has 0 spiro atoms. The standard InChI is InChI=1S/C24H35FN2O6/c1-15(21(28)26-18(22(29)32-6)12-16-10-8-7-9-11-16)20(31-5)19-13-17(25)14-27(19)23(30)33-24(2,3)4/h7-11,15,17-20H,12-14H2,1-6H3,(H,26,28)/t15-,17?,18+,19?,20-/m1/s1. The molecule has 0 aliphatic carbocycles. The number of alkyl halides is 1. The molecule has 5 atom stereocenters. The van der Waals surface area contributed by atoms with Crippen LogP contribution >= 0.6 is 0 Å². The van der Waals surface area contributed by atoms with Gasteiger partial charge in [0.05, 0.1) is 31.7 Å². The Bertz CT molecular complexity index is 813. The number of halogens is 1. The van der Waals surface area contributed by atoms with E-state index >= 15 is 0 Å². The second kappa shape index (κ2) is 11.4. The Morgan fingerprint density at radius 2 is 1.82 bits per heavy atom. The van der Waals surface area contributed by atoms with Crippen LogP contribution < -0.4 is 5.32 Å². The number of carbonyl (C=O) groups is 3. The molecule has 0 aromatic heterocycles. The van der Waals surface area contributed by atoms with Crippen LogP contribution in [0.5, 0.6) is 0 Å². The summed E-state index contributed by atoms with van der Waals surface area (Å²) in [7, 11) is 2.67. The van der Waals surface area contributed by atoms with Crippen LogP contribution in [0, 0.1) is 5.92 Å². The third-order valence-corrected chi connectivity index (χ3v) is 5.56. The number of carbonyl (C=O) groups excluding carboxylic acids is 3. The van der Waals surface area contributed by atoms with E-state index in [2.05, 4.69) is 5.32 Å². The van der Waals surface area contributed by atoms with Crippen molar-refractivity contribution < 1.29 is 33.0 Å². The first-order valence-corrected chi connectivity index (χ1v) is 11.1. The van der Waals surface area contributed by atoms with E-state index in [9.17, 15) is 18.8 Å². The number of amides is 2. The first-order valence-electron chi connectivity index (χ1n) is 11.1. The Balaban J connectivity index is 2.15. The molecular weight excluding hydrogens is 431 g/mol. The number of hydrogen-bond donors (Lipinski definition) is 1. The van der Waals surface area contributed by atoms with Crippen molar-refractivity contribution in [3.8, 4) is 0 Å². The summed E-state index contributed by atoms with van der Waals surface area (Å²) in [6.45, 7) is 6.68. The van der Waals surface area contributed by atoms with Crippen LogP contribution in [0.2, 0.25) is 0 Å². The quantitative estimate of drug-likeness (QED) is 0.592. The van der Waals surface area contributed by atoms with Gasteiger partial charge in [-0.1, -0.05) is 37.3 Å². The summed E-state index contributed by atoms with van der Waals surface area (Å²) in [6, 6.07) is 7.65. The van der Waals surface area contributed by atoms with Gasteiger partial charge in [0.15, 0.2) is 0 Å². The summed E-state index contributed by atoms with van der Waals surface area (Å²) in [5, 5.41) is 2.73. The molecule has 1 aliphatic rings. The van der Waals surface area contributed by atoms with Gasteiger partial charge in [0, 0.05) is 20.0 Å². The summed E-state index contributed by atoms with van der Waals surface area (Å²) in [5.41, 5.74) is 0.114. The molecule has 1 aromatic carbocycles. The van der Waals surface area contributed by atoms with Crippen molar-refractivity contribution in [1.29, 1.82) is 0 Å². The SMILES string of the molecule is COC(=O)[C@H](Cc1ccccc1)NC(=O)[C@H](C)[C@@H](OC)C1CC(F)CN1C(=O)OC(C)(C)C. The van der Waals surface area contributed by atoms with Gasteiger partial charge in [0.25, 0.3) is 0 Å². The number of esters is 1. The van der Waals surface area contributed by atoms with E-state index < -0.39 is 53.8 Å². The number of likely N-dealkylation sites (tertiary alicyclic amines) is 1. The molecule has 2 amide bonds. The van der Waals surface area contributed by atoms with Crippen LogP contribution in [0.25, 0.3) is 0 Å². The molecule has 1 N–H and O–H groups in total. The maximum Gasteiger partial charge on any atom is 0.410 e. The van der Waals surface area contributed by atoms with Crippen LogP contribution in [-0.2, 0) is 30.2 Å². The normalized spacial score (nSPS) is 21.1. The largest absolute Gasteiger partial charge is 0.467 e. The number of nitrogens with one attached hydrogen (secondary N) is 1. The topological polar surface area (TPSA) is 94.2 Å². The molecule has 1 fully saturated rings. The molecule has 33 heavy (non-hydrogen) atoms. The molecule has 1 aliphatic heterocycles. The third-order valence-electron chi connectivity index (χ3n) is 5.56. The Hall–Kier alpha value is -2.68. The fourth-order valence-corrected chi connectivity index (χ4v) is 3.99. The van der Waals surface area contributed by atoms with Gasteiger partial charge in [-0.05, 0) is 26.3 Å². The fourth-order valence-electron chi connectivity index (χ4n) is 3.99. The Morgan fingerprint density at radius 1 is 1.18 bits per heavy atom. The van der Waals surface area contributed by atoms with Crippen LogP contribution in [0.1, 0.15) is 39.7 Å². The minimum absolute atomic E-state index is 0.0276. The number of ether oxygens (including phenoxy) is 3. The van der Waals surface area contributed by atoms with Crippen LogP contribution in [0.3, 0.4) is 0 Å². The van der Waals surface area contributed by atoms with Crippen molar-refractivity contribution in [2.75, 3.05) is 20.8 Å². The smallest absolute Gasteiger partial charge is 0.410 e. The average Bonchev–Trinajstić information content (AvgIpc) is 3.14. The minimum Gasteiger partial charge on any atom is -0.467 e. The van der Waals surface area contributed by atoms with Crippen molar-refractivity contribution in [3.63, 3.8) is 0 Å². The molecule has 1 heterocycles. The number of hydrogen-bond acceptors (Lipinski definition) is 6. The summed E-state index contributed by atoms with van der Waals surface area (Å²) in [6.07, 6.45) is -2.42. The van der Waals surface area contributed by atoms with Gasteiger partial charge in [-0.15, -0.1) is 0 Å². The highest BCUT2D eigenvalue weighted by Crippen LogP contribution is 2.29. The van der Waals surface area contributed by atoms with Crippen LogP contribution in [0.4, 0.5) is 9.18 Å². The average molecular weight is 467 g/mol. The van der Waals surface area contributed by atoms with Gasteiger partial charge in [0.1, 0.15) is 17.8 Å². The van der Waals surface area contributed by atoms with Crippen molar-refractivity contribution in [3.05, 3.63) is 35.9 Å². The minimum atomic E-state index is -1.25. The van der Waals surface area contributed by atoms with E-state index in [4.69, 9.17) is 14.2 Å². The second-order valence-electron chi connectivity index (χ2n) is 9.30. The molecule has 1 aromatic rings. The highest BCUT2D eigenvalue weighted by Gasteiger charge is 2.45. The van der Waals surface area contributed by atoms with Crippen LogP contribution in [-0.4, -0.2) is 73.6 Å². The Kier molecular flexibility index (Phi) is 9.22. The maximum absolute atomic E-state index is 14.3. The summed E-state index contributed by atoms with van der Waals surface area (Å²) >= 11 is 0. The lowest BCUT2D eigenvalue weighted by atomic mass is 9.94. The van der Waals surface area contributed by atoms with E-state index in [-0.39, 0.29) is 19.4 Å². The zero-order valence-electron chi connectivity index (χ0n) is 20.2. The third kappa shape index (κ3) is 7.42. The fraction of sp³-hybridized carbons (Fsp3) is 0.625. The lowest BCUT2D eigenvalue weighted by Crippen LogP contribution is -2.53. The zero-order chi connectivity index (χ0) is 24.8. The molecule has 0 radical (unpaired) electrons. The highest BCUT2D eigenvalue weighted by molar-refractivity contribution is 5.86. The molecule has 9 heteroatoms. The molecular formula is C24H35FN2O6. The van der Waals surface area contributed by atoms with Crippen molar-refractivity contribution >= 4 is 18.0 Å². The van der Waals surface area contributed by atoms with Gasteiger partial charge in [0.2, 0.25) is 5.91 Å². The predicted octanol–water partition coefficient (Wildman–Crippen LogP) is 2.89. The maximum atomic E-state index is 14.3. The number of rotatable bonds is 8. The second-order valence-corrected chi connectivity index (χ2v) is 9.30. The molecule has 8 nitrogen and oxygen atoms in total. The Labute approximate surface area is 194 Å². The van der Waals surface area contributed by atoms with Gasteiger partial charge in [-0.3, -0.25) is 9.69 Å². The van der Waals surface area contributed by atoms with Crippen molar-refractivity contribution in [2.45, 2.75) is 70.5 Å². The van der Waals surface area contributed by atoms with E-state index in [1.165, 1.54) is 19.1 Å². The molecule has 2 unspecified atom stereocenters. The Morgan fingerprint density at radius 3 is 2.36 bits per heavy atom. The first-order chi connectivity index (χ1) is 15.5. The monoisotopic (exact) mass is 466 g/mol. The lowest BCUT2D eigenvalue weighted by Gasteiger charge is -2.34. The van der Waals surface area contributed by atoms with E-state index in [0.717, 1.165) is 5.56 Å². The van der Waals surface area contributed by atoms with E-state index in [1.807, 2.05) is 30.3 Å². The number of benzene rings is 1.